The van der Waals surface area contributed by atoms with Gasteiger partial charge in [-0.3, -0.25) is 0 Å². The highest BCUT2D eigenvalue weighted by Crippen LogP contribution is 2.41. The molecule has 0 aromatic carbocycles. The number of aliphatic hydroxyl groups is 3. The van der Waals surface area contributed by atoms with Gasteiger partial charge in [0.1, 0.15) is 12.7 Å². The first-order valence-electron chi connectivity index (χ1n) is 4.27. The highest BCUT2D eigenvalue weighted by Gasteiger charge is 2.38. The number of hydrogen-bond acceptors (Lipinski definition) is 8. The topological polar surface area (TPSA) is 146 Å². The zero-order chi connectivity index (χ0) is 11.6. The van der Waals surface area contributed by atoms with E-state index in [1.165, 1.54) is 0 Å². The SMILES string of the molecule is N[P+](O)(O)OCC1CC(O)C(O)C(O)O1. The molecule has 7 N–H and O–H groups in total. The summed E-state index contributed by atoms with van der Waals surface area (Å²) >= 11 is 0. The molecule has 1 fully saturated rings. The van der Waals surface area contributed by atoms with Crippen molar-refractivity contribution in [2.45, 2.75) is 31.0 Å². The molecule has 1 heterocycles. The molecule has 4 unspecified atom stereocenters. The molecule has 8 nitrogen and oxygen atoms in total. The van der Waals surface area contributed by atoms with Crippen LogP contribution in [0.5, 0.6) is 0 Å². The van der Waals surface area contributed by atoms with E-state index in [-0.39, 0.29) is 13.0 Å². The summed E-state index contributed by atoms with van der Waals surface area (Å²) in [5, 5.41) is 27.5. The second-order valence-electron chi connectivity index (χ2n) is 3.33. The van der Waals surface area contributed by atoms with Gasteiger partial charge in [-0.1, -0.05) is 0 Å². The van der Waals surface area contributed by atoms with Crippen LogP contribution in [-0.2, 0) is 9.26 Å². The van der Waals surface area contributed by atoms with Gasteiger partial charge in [0, 0.05) is 6.42 Å². The Morgan fingerprint density at radius 1 is 1.33 bits per heavy atom. The van der Waals surface area contributed by atoms with Crippen molar-refractivity contribution >= 4 is 8.09 Å². The highest BCUT2D eigenvalue weighted by molar-refractivity contribution is 7.57. The lowest BCUT2D eigenvalue weighted by Crippen LogP contribution is -2.49. The lowest BCUT2D eigenvalue weighted by atomic mass is 10.0. The second kappa shape index (κ2) is 4.96. The first-order chi connectivity index (χ1) is 6.79. The van der Waals surface area contributed by atoms with Gasteiger partial charge in [-0.25, -0.2) is 0 Å². The maximum atomic E-state index is 9.26. The van der Waals surface area contributed by atoms with Crippen molar-refractivity contribution < 1.29 is 34.4 Å². The van der Waals surface area contributed by atoms with Crippen LogP contribution < -0.4 is 5.50 Å². The fourth-order valence-corrected chi connectivity index (χ4v) is 1.62. The van der Waals surface area contributed by atoms with Crippen LogP contribution >= 0.6 is 8.09 Å². The molecule has 90 valence electrons. The van der Waals surface area contributed by atoms with E-state index in [4.69, 9.17) is 30.2 Å². The Morgan fingerprint density at radius 2 is 1.93 bits per heavy atom. The first kappa shape index (κ1) is 13.2. The average molecular weight is 244 g/mol. The molecule has 0 aromatic rings. The Balaban J connectivity index is 2.38. The van der Waals surface area contributed by atoms with Crippen molar-refractivity contribution in [2.75, 3.05) is 6.61 Å². The van der Waals surface area contributed by atoms with Gasteiger partial charge in [0.05, 0.1) is 12.2 Å². The van der Waals surface area contributed by atoms with E-state index < -0.39 is 32.7 Å². The van der Waals surface area contributed by atoms with E-state index in [0.29, 0.717) is 0 Å². The standard InChI is InChI=1S/C6H15NO7P/c7-15(11,12)13-2-3-1-4(8)5(9)6(10)14-3/h3-6,8-12H,1-2,7H2/q+1. The van der Waals surface area contributed by atoms with E-state index in [1.54, 1.807) is 0 Å². The molecular weight excluding hydrogens is 229 g/mol. The average Bonchev–Trinajstić information content (AvgIpc) is 2.09. The molecule has 0 radical (unpaired) electrons. The van der Waals surface area contributed by atoms with Crippen LogP contribution in [0.4, 0.5) is 0 Å². The number of nitrogens with two attached hydrogens (primary N) is 1. The fraction of sp³-hybridized carbons (Fsp3) is 1.00. The highest BCUT2D eigenvalue weighted by atomic mass is 31.2. The van der Waals surface area contributed by atoms with Crippen LogP contribution in [0.3, 0.4) is 0 Å². The van der Waals surface area contributed by atoms with Crippen LogP contribution in [0.15, 0.2) is 0 Å². The molecule has 0 aliphatic carbocycles. The van der Waals surface area contributed by atoms with Gasteiger partial charge in [-0.05, 0) is 0 Å². The zero-order valence-corrected chi connectivity index (χ0v) is 8.70. The Morgan fingerprint density at radius 3 is 2.40 bits per heavy atom. The minimum absolute atomic E-state index is 0.0121. The summed E-state index contributed by atoms with van der Waals surface area (Å²) in [5.74, 6) is 0. The molecule has 1 saturated heterocycles. The summed E-state index contributed by atoms with van der Waals surface area (Å²) in [6, 6.07) is 0. The van der Waals surface area contributed by atoms with Crippen molar-refractivity contribution in [2.24, 2.45) is 5.50 Å². The van der Waals surface area contributed by atoms with Crippen molar-refractivity contribution in [3.63, 3.8) is 0 Å². The third-order valence-corrected chi connectivity index (χ3v) is 2.50. The Kier molecular flexibility index (Phi) is 4.36. The van der Waals surface area contributed by atoms with Crippen LogP contribution in [0.1, 0.15) is 6.42 Å². The molecule has 1 rings (SSSR count). The van der Waals surface area contributed by atoms with Crippen LogP contribution in [-0.4, -0.2) is 56.3 Å². The Hall–Kier alpha value is 0.110. The predicted molar refractivity (Wildman–Crippen MR) is 49.0 cm³/mol. The Bertz CT molecular complexity index is 198. The quantitative estimate of drug-likeness (QED) is 0.297. The van der Waals surface area contributed by atoms with E-state index >= 15 is 0 Å². The maximum absolute atomic E-state index is 9.26. The van der Waals surface area contributed by atoms with Gasteiger partial charge in [0.25, 0.3) is 0 Å². The summed E-state index contributed by atoms with van der Waals surface area (Å²) in [5.41, 5.74) is 4.82. The summed E-state index contributed by atoms with van der Waals surface area (Å²) < 4.78 is 9.30. The van der Waals surface area contributed by atoms with Crippen LogP contribution in [0.25, 0.3) is 0 Å². The van der Waals surface area contributed by atoms with E-state index in [1.807, 2.05) is 0 Å². The van der Waals surface area contributed by atoms with Crippen molar-refractivity contribution in [1.29, 1.82) is 0 Å². The molecule has 1 aliphatic rings. The van der Waals surface area contributed by atoms with Crippen molar-refractivity contribution in [3.05, 3.63) is 0 Å². The van der Waals surface area contributed by atoms with Gasteiger partial charge in [-0.15, -0.1) is 5.50 Å². The minimum Gasteiger partial charge on any atom is -0.390 e. The van der Waals surface area contributed by atoms with E-state index in [2.05, 4.69) is 4.52 Å². The lowest BCUT2D eigenvalue weighted by molar-refractivity contribution is -0.251. The summed E-state index contributed by atoms with van der Waals surface area (Å²) in [4.78, 5) is 17.4. The number of rotatable bonds is 3. The summed E-state index contributed by atoms with van der Waals surface area (Å²) in [6.45, 7) is -0.280. The summed E-state index contributed by atoms with van der Waals surface area (Å²) in [7, 11) is -3.84. The van der Waals surface area contributed by atoms with Gasteiger partial charge < -0.3 is 20.1 Å². The smallest absolute Gasteiger partial charge is 0.390 e. The van der Waals surface area contributed by atoms with E-state index in [9.17, 15) is 5.11 Å². The Labute approximate surface area is 86.5 Å². The molecule has 9 heteroatoms. The third-order valence-electron chi connectivity index (χ3n) is 1.97. The zero-order valence-electron chi connectivity index (χ0n) is 7.80. The van der Waals surface area contributed by atoms with Gasteiger partial charge >= 0.3 is 8.09 Å². The van der Waals surface area contributed by atoms with Gasteiger partial charge in [0.2, 0.25) is 0 Å². The molecule has 0 saturated carbocycles. The van der Waals surface area contributed by atoms with E-state index in [0.717, 1.165) is 0 Å². The van der Waals surface area contributed by atoms with Crippen LogP contribution in [0.2, 0.25) is 0 Å². The van der Waals surface area contributed by atoms with Crippen molar-refractivity contribution in [3.8, 4) is 0 Å². The minimum atomic E-state index is -3.84. The number of ether oxygens (including phenoxy) is 1. The van der Waals surface area contributed by atoms with Crippen LogP contribution in [0, 0.1) is 0 Å². The lowest BCUT2D eigenvalue weighted by Gasteiger charge is -2.33. The summed E-state index contributed by atoms with van der Waals surface area (Å²) in [6.07, 6.45) is -4.78. The molecule has 0 bridgehead atoms. The number of hydrogen-bond donors (Lipinski definition) is 6. The van der Waals surface area contributed by atoms with Crippen molar-refractivity contribution in [1.82, 2.24) is 0 Å². The maximum Gasteiger partial charge on any atom is 0.493 e. The second-order valence-corrected chi connectivity index (χ2v) is 4.76. The molecule has 4 atom stereocenters. The number of aliphatic hydroxyl groups excluding tert-OH is 3. The monoisotopic (exact) mass is 244 g/mol. The third kappa shape index (κ3) is 4.23. The molecular formula is C6H15NO7P+. The van der Waals surface area contributed by atoms with Gasteiger partial charge in [0.15, 0.2) is 6.29 Å². The predicted octanol–water partition coefficient (Wildman–Crippen LogP) is -2.55. The molecule has 1 aliphatic heterocycles. The molecule has 0 amide bonds. The molecule has 0 spiro atoms. The largest absolute Gasteiger partial charge is 0.493 e. The fourth-order valence-electron chi connectivity index (χ4n) is 1.23. The normalized spacial score (nSPS) is 38.0. The van der Waals surface area contributed by atoms with Gasteiger partial charge in [-0.2, -0.15) is 14.3 Å². The first-order valence-corrected chi connectivity index (χ1v) is 5.95. The molecule has 0 aromatic heterocycles. The molecule has 15 heavy (non-hydrogen) atoms.